The Balaban J connectivity index is 1.57. The average Bonchev–Trinajstić information content (AvgIpc) is 2.88. The zero-order valence-electron chi connectivity index (χ0n) is 19.5. The van der Waals surface area contributed by atoms with Crippen molar-refractivity contribution < 1.29 is 9.59 Å². The van der Waals surface area contributed by atoms with Gasteiger partial charge in [-0.3, -0.25) is 19.4 Å². The lowest BCUT2D eigenvalue weighted by Crippen LogP contribution is -2.30. The van der Waals surface area contributed by atoms with Crippen molar-refractivity contribution in [2.24, 2.45) is 0 Å². The highest BCUT2D eigenvalue weighted by Gasteiger charge is 2.20. The van der Waals surface area contributed by atoms with Crippen LogP contribution < -0.4 is 21.8 Å². The average molecular weight is 471 g/mol. The maximum absolute atomic E-state index is 12.9. The third-order valence-corrected chi connectivity index (χ3v) is 5.73. The highest BCUT2D eigenvalue weighted by molar-refractivity contribution is 6.01. The minimum atomic E-state index is -0.527. The molecule has 0 atom stereocenters. The maximum atomic E-state index is 12.9. The fraction of sp³-hybridized carbons (Fsp3) is 0.192. The predicted octanol–water partition coefficient (Wildman–Crippen LogP) is 2.28. The van der Waals surface area contributed by atoms with Crippen LogP contribution in [-0.2, 0) is 24.3 Å². The molecule has 1 aromatic carbocycles. The number of nitrogens with two attached hydrogens (primary N) is 1. The standard InChI is InChI=1S/C26H26N6O3/c1-3-32-24(27)22(26(35)28-2)23(34)19-11-12-20(31-25(19)32)17-9-7-16(8-10-17)14-21(33)30-15-18-6-4-5-13-29-18/h4-13H,3,14-15,27H2,1-2H3,(H,28,35)(H,30,33). The van der Waals surface area contributed by atoms with Gasteiger partial charge in [0.2, 0.25) is 11.3 Å². The molecule has 0 fully saturated rings. The van der Waals surface area contributed by atoms with Crippen LogP contribution in [0.2, 0.25) is 0 Å². The molecule has 0 spiro atoms. The molecular formula is C26H26N6O3. The summed E-state index contributed by atoms with van der Waals surface area (Å²) < 4.78 is 1.66. The summed E-state index contributed by atoms with van der Waals surface area (Å²) in [6.07, 6.45) is 1.93. The van der Waals surface area contributed by atoms with E-state index in [0.29, 0.717) is 29.8 Å². The summed E-state index contributed by atoms with van der Waals surface area (Å²) in [5, 5.41) is 5.66. The van der Waals surface area contributed by atoms with Crippen LogP contribution >= 0.6 is 0 Å². The van der Waals surface area contributed by atoms with Gasteiger partial charge in [-0.05, 0) is 36.8 Å². The summed E-state index contributed by atoms with van der Waals surface area (Å²) in [7, 11) is 1.46. The first-order valence-electron chi connectivity index (χ1n) is 11.2. The molecule has 0 aliphatic rings. The lowest BCUT2D eigenvalue weighted by molar-refractivity contribution is -0.120. The normalized spacial score (nSPS) is 10.8. The second-order valence-electron chi connectivity index (χ2n) is 7.95. The number of nitrogen functional groups attached to an aromatic ring is 1. The molecule has 3 aromatic heterocycles. The molecule has 0 bridgehead atoms. The van der Waals surface area contributed by atoms with Crippen LogP contribution in [0, 0.1) is 0 Å². The number of rotatable bonds is 7. The molecule has 0 saturated heterocycles. The van der Waals surface area contributed by atoms with Gasteiger partial charge in [-0.15, -0.1) is 0 Å². The van der Waals surface area contributed by atoms with Gasteiger partial charge < -0.3 is 20.9 Å². The van der Waals surface area contributed by atoms with E-state index in [1.165, 1.54) is 7.05 Å². The molecule has 9 heteroatoms. The van der Waals surface area contributed by atoms with E-state index in [-0.39, 0.29) is 23.7 Å². The molecule has 0 unspecified atom stereocenters. The molecule has 0 aliphatic heterocycles. The van der Waals surface area contributed by atoms with Crippen molar-refractivity contribution in [3.05, 3.63) is 87.8 Å². The Labute approximate surface area is 202 Å². The summed E-state index contributed by atoms with van der Waals surface area (Å²) >= 11 is 0. The topological polar surface area (TPSA) is 132 Å². The van der Waals surface area contributed by atoms with Crippen molar-refractivity contribution in [1.29, 1.82) is 0 Å². The van der Waals surface area contributed by atoms with Gasteiger partial charge in [0.15, 0.2) is 0 Å². The Kier molecular flexibility index (Phi) is 6.86. The number of carbonyl (C=O) groups is 2. The first-order chi connectivity index (χ1) is 16.9. The molecule has 0 radical (unpaired) electrons. The number of nitrogens with one attached hydrogen (secondary N) is 2. The molecule has 4 rings (SSSR count). The number of pyridine rings is 3. The van der Waals surface area contributed by atoms with Crippen LogP contribution in [0.15, 0.2) is 65.6 Å². The van der Waals surface area contributed by atoms with Gasteiger partial charge >= 0.3 is 0 Å². The Bertz CT molecular complexity index is 1450. The van der Waals surface area contributed by atoms with Crippen LogP contribution in [0.1, 0.15) is 28.5 Å². The number of carbonyl (C=O) groups excluding carboxylic acids is 2. The van der Waals surface area contributed by atoms with Crippen LogP contribution in [0.3, 0.4) is 0 Å². The van der Waals surface area contributed by atoms with E-state index >= 15 is 0 Å². The molecule has 0 aliphatic carbocycles. The molecule has 178 valence electrons. The lowest BCUT2D eigenvalue weighted by atomic mass is 10.1. The summed E-state index contributed by atoms with van der Waals surface area (Å²) in [5.41, 5.74) is 9.19. The lowest BCUT2D eigenvalue weighted by Gasteiger charge is -2.15. The third kappa shape index (κ3) is 4.89. The Morgan fingerprint density at radius 1 is 1.06 bits per heavy atom. The van der Waals surface area contributed by atoms with E-state index in [1.54, 1.807) is 22.9 Å². The van der Waals surface area contributed by atoms with Gasteiger partial charge in [-0.1, -0.05) is 30.3 Å². The molecular weight excluding hydrogens is 444 g/mol. The van der Waals surface area contributed by atoms with E-state index in [1.807, 2.05) is 49.4 Å². The van der Waals surface area contributed by atoms with E-state index < -0.39 is 11.3 Å². The molecule has 0 saturated carbocycles. The minimum Gasteiger partial charge on any atom is -0.384 e. The second-order valence-corrected chi connectivity index (χ2v) is 7.95. The van der Waals surface area contributed by atoms with Crippen molar-refractivity contribution in [1.82, 2.24) is 25.2 Å². The predicted molar refractivity (Wildman–Crippen MR) is 135 cm³/mol. The molecule has 3 heterocycles. The SMILES string of the molecule is CCn1c(N)c(C(=O)NC)c(=O)c2ccc(-c3ccc(CC(=O)NCc4ccccn4)cc3)nc21. The summed E-state index contributed by atoms with van der Waals surface area (Å²) in [6, 6.07) is 16.5. The maximum Gasteiger partial charge on any atom is 0.258 e. The number of benzene rings is 1. The Morgan fingerprint density at radius 3 is 2.49 bits per heavy atom. The van der Waals surface area contributed by atoms with Crippen molar-refractivity contribution in [2.45, 2.75) is 26.4 Å². The van der Waals surface area contributed by atoms with Crippen LogP contribution in [0.5, 0.6) is 0 Å². The van der Waals surface area contributed by atoms with Crippen LogP contribution in [0.25, 0.3) is 22.3 Å². The number of fused-ring (bicyclic) bond motifs is 1. The zero-order valence-corrected chi connectivity index (χ0v) is 19.5. The number of hydrogen-bond acceptors (Lipinski definition) is 6. The van der Waals surface area contributed by atoms with Crippen molar-refractivity contribution in [3.63, 3.8) is 0 Å². The van der Waals surface area contributed by atoms with Crippen LogP contribution in [-0.4, -0.2) is 33.4 Å². The molecule has 4 aromatic rings. The van der Waals surface area contributed by atoms with Gasteiger partial charge in [-0.2, -0.15) is 0 Å². The van der Waals surface area contributed by atoms with Gasteiger partial charge in [0.05, 0.1) is 29.7 Å². The van der Waals surface area contributed by atoms with Gasteiger partial charge in [0, 0.05) is 25.4 Å². The Morgan fingerprint density at radius 2 is 1.83 bits per heavy atom. The number of aryl methyl sites for hydroxylation is 1. The van der Waals surface area contributed by atoms with Crippen molar-refractivity contribution in [3.8, 4) is 11.3 Å². The monoisotopic (exact) mass is 470 g/mol. The summed E-state index contributed by atoms with van der Waals surface area (Å²) in [4.78, 5) is 46.3. The molecule has 4 N–H and O–H groups in total. The number of anilines is 1. The van der Waals surface area contributed by atoms with Gasteiger partial charge in [0.25, 0.3) is 5.91 Å². The van der Waals surface area contributed by atoms with E-state index in [4.69, 9.17) is 5.73 Å². The smallest absolute Gasteiger partial charge is 0.258 e. The summed E-state index contributed by atoms with van der Waals surface area (Å²) in [5.74, 6) is -0.539. The highest BCUT2D eigenvalue weighted by atomic mass is 16.2. The largest absolute Gasteiger partial charge is 0.384 e. The van der Waals surface area contributed by atoms with Gasteiger partial charge in [-0.25, -0.2) is 4.98 Å². The zero-order chi connectivity index (χ0) is 24.9. The first kappa shape index (κ1) is 23.6. The number of hydrogen-bond donors (Lipinski definition) is 3. The third-order valence-electron chi connectivity index (χ3n) is 5.73. The fourth-order valence-corrected chi connectivity index (χ4v) is 3.89. The minimum absolute atomic E-state index is 0.0814. The van der Waals surface area contributed by atoms with Crippen molar-refractivity contribution >= 4 is 28.7 Å². The molecule has 2 amide bonds. The number of amides is 2. The highest BCUT2D eigenvalue weighted by Crippen LogP contribution is 2.23. The fourth-order valence-electron chi connectivity index (χ4n) is 3.89. The van der Waals surface area contributed by atoms with Crippen molar-refractivity contribution in [2.75, 3.05) is 12.8 Å². The number of nitrogens with zero attached hydrogens (tertiary/aromatic N) is 3. The first-order valence-corrected chi connectivity index (χ1v) is 11.2. The van der Waals surface area contributed by atoms with Crippen LogP contribution in [0.4, 0.5) is 5.82 Å². The molecule has 35 heavy (non-hydrogen) atoms. The van der Waals surface area contributed by atoms with E-state index in [2.05, 4.69) is 20.6 Å². The second kappa shape index (κ2) is 10.2. The number of aromatic nitrogens is 3. The van der Waals surface area contributed by atoms with Gasteiger partial charge in [0.1, 0.15) is 17.0 Å². The quantitative estimate of drug-likeness (QED) is 0.380. The van der Waals surface area contributed by atoms with E-state index in [0.717, 1.165) is 16.8 Å². The van der Waals surface area contributed by atoms with E-state index in [9.17, 15) is 14.4 Å². The Hall–Kier alpha value is -4.53. The summed E-state index contributed by atoms with van der Waals surface area (Å²) in [6.45, 7) is 2.69. The molecule has 9 nitrogen and oxygen atoms in total.